The van der Waals surface area contributed by atoms with Gasteiger partial charge in [-0.1, -0.05) is 19.1 Å². The fraction of sp³-hybridized carbons (Fsp3) is 0.600. The third-order valence-electron chi connectivity index (χ3n) is 3.38. The van der Waals surface area contributed by atoms with Crippen molar-refractivity contribution >= 4 is 0 Å². The first-order chi connectivity index (χ1) is 5.84. The molecule has 1 heterocycles. The lowest BCUT2D eigenvalue weighted by Gasteiger charge is -2.50. The van der Waals surface area contributed by atoms with Crippen LogP contribution in [0.2, 0.25) is 0 Å². The smallest absolute Gasteiger partial charge is 0.189 e. The third kappa shape index (κ3) is 0.535. The standard InChI is InChI=1S/C10H12O2/c1-7-5-8-3-2-4-9-10(7,8)12-6-11-9/h2-4,7-8H,5-6H2,1H3. The van der Waals surface area contributed by atoms with Crippen LogP contribution in [0.3, 0.4) is 0 Å². The van der Waals surface area contributed by atoms with Gasteiger partial charge < -0.3 is 9.47 Å². The van der Waals surface area contributed by atoms with Gasteiger partial charge in [-0.3, -0.25) is 0 Å². The summed E-state index contributed by atoms with van der Waals surface area (Å²) in [7, 11) is 0. The van der Waals surface area contributed by atoms with Crippen LogP contribution in [-0.4, -0.2) is 12.4 Å². The predicted octanol–water partition coefficient (Wildman–Crippen LogP) is 1.84. The highest BCUT2D eigenvalue weighted by Crippen LogP contribution is 2.56. The van der Waals surface area contributed by atoms with E-state index >= 15 is 0 Å². The minimum Gasteiger partial charge on any atom is -0.469 e. The van der Waals surface area contributed by atoms with Crippen LogP contribution < -0.4 is 0 Å². The zero-order chi connectivity index (χ0) is 8.18. The number of ether oxygens (including phenoxy) is 2. The van der Waals surface area contributed by atoms with Gasteiger partial charge in [0.2, 0.25) is 0 Å². The average Bonchev–Trinajstić information content (AvgIpc) is 2.50. The molecule has 2 nitrogen and oxygen atoms in total. The molecule has 3 unspecified atom stereocenters. The predicted molar refractivity (Wildman–Crippen MR) is 44.3 cm³/mol. The minimum absolute atomic E-state index is 0.0608. The van der Waals surface area contributed by atoms with Crippen molar-refractivity contribution in [2.45, 2.75) is 18.9 Å². The first kappa shape index (κ1) is 6.72. The molecule has 0 radical (unpaired) electrons. The molecule has 3 rings (SSSR count). The molecule has 1 aliphatic heterocycles. The van der Waals surface area contributed by atoms with Crippen LogP contribution in [0.15, 0.2) is 24.0 Å². The first-order valence-corrected chi connectivity index (χ1v) is 4.50. The summed E-state index contributed by atoms with van der Waals surface area (Å²) in [6.45, 7) is 2.67. The molecular weight excluding hydrogens is 152 g/mol. The van der Waals surface area contributed by atoms with Crippen LogP contribution in [0.25, 0.3) is 0 Å². The Bertz CT molecular complexity index is 280. The second kappa shape index (κ2) is 1.94. The molecule has 64 valence electrons. The minimum atomic E-state index is -0.0608. The van der Waals surface area contributed by atoms with E-state index in [0.29, 0.717) is 18.6 Å². The molecule has 1 saturated heterocycles. The van der Waals surface area contributed by atoms with Gasteiger partial charge in [0.05, 0.1) is 0 Å². The number of hydrogen-bond acceptors (Lipinski definition) is 2. The molecule has 2 fully saturated rings. The summed E-state index contributed by atoms with van der Waals surface area (Å²) in [6.07, 6.45) is 7.59. The Hall–Kier alpha value is -0.760. The molecule has 3 aliphatic rings. The van der Waals surface area contributed by atoms with Crippen molar-refractivity contribution in [1.29, 1.82) is 0 Å². The van der Waals surface area contributed by atoms with E-state index in [4.69, 9.17) is 9.47 Å². The number of allylic oxidation sites excluding steroid dienone is 2. The van der Waals surface area contributed by atoms with Gasteiger partial charge in [-0.05, 0) is 18.4 Å². The maximum atomic E-state index is 5.71. The van der Waals surface area contributed by atoms with Crippen LogP contribution in [0.4, 0.5) is 0 Å². The fourth-order valence-corrected chi connectivity index (χ4v) is 2.66. The highest BCUT2D eigenvalue weighted by atomic mass is 16.7. The maximum Gasteiger partial charge on any atom is 0.189 e. The Morgan fingerprint density at radius 3 is 3.25 bits per heavy atom. The Morgan fingerprint density at radius 1 is 1.58 bits per heavy atom. The lowest BCUT2D eigenvalue weighted by molar-refractivity contribution is -0.122. The van der Waals surface area contributed by atoms with Crippen molar-refractivity contribution in [3.8, 4) is 0 Å². The lowest BCUT2D eigenvalue weighted by Crippen LogP contribution is -2.55. The highest BCUT2D eigenvalue weighted by molar-refractivity contribution is 5.34. The second-order valence-electron chi connectivity index (χ2n) is 3.86. The molecule has 1 spiro atoms. The molecule has 1 saturated carbocycles. The monoisotopic (exact) mass is 164 g/mol. The van der Waals surface area contributed by atoms with Gasteiger partial charge >= 0.3 is 0 Å². The molecule has 0 N–H and O–H groups in total. The Labute approximate surface area is 71.9 Å². The summed E-state index contributed by atoms with van der Waals surface area (Å²) in [6, 6.07) is 0. The van der Waals surface area contributed by atoms with Gasteiger partial charge in [0.15, 0.2) is 6.79 Å². The van der Waals surface area contributed by atoms with E-state index in [0.717, 1.165) is 5.76 Å². The Balaban J connectivity index is 2.08. The van der Waals surface area contributed by atoms with E-state index in [-0.39, 0.29) is 5.60 Å². The Kier molecular flexibility index (Phi) is 1.09. The summed E-state index contributed by atoms with van der Waals surface area (Å²) >= 11 is 0. The van der Waals surface area contributed by atoms with Gasteiger partial charge in [0.1, 0.15) is 11.4 Å². The van der Waals surface area contributed by atoms with Crippen molar-refractivity contribution in [3.63, 3.8) is 0 Å². The molecule has 3 atom stereocenters. The van der Waals surface area contributed by atoms with Crippen molar-refractivity contribution in [1.82, 2.24) is 0 Å². The number of hydrogen-bond donors (Lipinski definition) is 0. The fourth-order valence-electron chi connectivity index (χ4n) is 2.66. The van der Waals surface area contributed by atoms with Crippen LogP contribution in [0.5, 0.6) is 0 Å². The molecule has 2 aliphatic carbocycles. The zero-order valence-electron chi connectivity index (χ0n) is 7.12. The zero-order valence-corrected chi connectivity index (χ0v) is 7.12. The molecule has 12 heavy (non-hydrogen) atoms. The van der Waals surface area contributed by atoms with Crippen molar-refractivity contribution < 1.29 is 9.47 Å². The first-order valence-electron chi connectivity index (χ1n) is 4.50. The lowest BCUT2D eigenvalue weighted by atomic mass is 9.59. The molecule has 0 bridgehead atoms. The topological polar surface area (TPSA) is 18.5 Å². The van der Waals surface area contributed by atoms with E-state index in [2.05, 4.69) is 19.1 Å². The summed E-state index contributed by atoms with van der Waals surface area (Å²) in [4.78, 5) is 0. The Morgan fingerprint density at radius 2 is 2.50 bits per heavy atom. The summed E-state index contributed by atoms with van der Waals surface area (Å²) < 4.78 is 11.2. The quantitative estimate of drug-likeness (QED) is 0.544. The highest BCUT2D eigenvalue weighted by Gasteiger charge is 2.60. The van der Waals surface area contributed by atoms with E-state index in [9.17, 15) is 0 Å². The molecule has 0 aromatic carbocycles. The van der Waals surface area contributed by atoms with Gasteiger partial charge in [-0.2, -0.15) is 0 Å². The summed E-state index contributed by atoms with van der Waals surface area (Å²) in [5.41, 5.74) is -0.0608. The third-order valence-corrected chi connectivity index (χ3v) is 3.38. The summed E-state index contributed by atoms with van der Waals surface area (Å²) in [5.74, 6) is 2.23. The van der Waals surface area contributed by atoms with E-state index in [1.54, 1.807) is 0 Å². The summed E-state index contributed by atoms with van der Waals surface area (Å²) in [5, 5.41) is 0. The molecule has 0 amide bonds. The van der Waals surface area contributed by atoms with E-state index < -0.39 is 0 Å². The van der Waals surface area contributed by atoms with E-state index in [1.807, 2.05) is 6.08 Å². The molecule has 0 aromatic heterocycles. The molecule has 2 heteroatoms. The maximum absolute atomic E-state index is 5.71. The largest absolute Gasteiger partial charge is 0.469 e. The van der Waals surface area contributed by atoms with Crippen molar-refractivity contribution in [3.05, 3.63) is 24.0 Å². The second-order valence-corrected chi connectivity index (χ2v) is 3.86. The van der Waals surface area contributed by atoms with Crippen LogP contribution in [0, 0.1) is 11.8 Å². The SMILES string of the molecule is CC1CC2C=CC=C3OCOC312. The van der Waals surface area contributed by atoms with Crippen molar-refractivity contribution in [2.24, 2.45) is 11.8 Å². The molecule has 0 aromatic rings. The molecular formula is C10H12O2. The average molecular weight is 164 g/mol. The number of rotatable bonds is 0. The normalized spacial score (nSPS) is 48.6. The van der Waals surface area contributed by atoms with Gasteiger partial charge in [0, 0.05) is 5.92 Å². The van der Waals surface area contributed by atoms with Gasteiger partial charge in [-0.25, -0.2) is 0 Å². The van der Waals surface area contributed by atoms with Crippen molar-refractivity contribution in [2.75, 3.05) is 6.79 Å². The van der Waals surface area contributed by atoms with Gasteiger partial charge in [-0.15, -0.1) is 0 Å². The van der Waals surface area contributed by atoms with Gasteiger partial charge in [0.25, 0.3) is 0 Å². The van der Waals surface area contributed by atoms with E-state index in [1.165, 1.54) is 6.42 Å². The van der Waals surface area contributed by atoms with Crippen LogP contribution >= 0.6 is 0 Å². The van der Waals surface area contributed by atoms with Crippen LogP contribution in [0.1, 0.15) is 13.3 Å². The van der Waals surface area contributed by atoms with Crippen LogP contribution in [-0.2, 0) is 9.47 Å².